The number of nitrogens with one attached hydrogen (secondary N) is 2. The third-order valence-electron chi connectivity index (χ3n) is 5.27. The van der Waals surface area contributed by atoms with E-state index in [-0.39, 0.29) is 24.0 Å². The van der Waals surface area contributed by atoms with Crippen LogP contribution in [0.5, 0.6) is 0 Å². The zero-order chi connectivity index (χ0) is 24.9. The Labute approximate surface area is 208 Å². The minimum Gasteiger partial charge on any atom is -0.462 e. The van der Waals surface area contributed by atoms with Gasteiger partial charge in [-0.05, 0) is 55.7 Å². The molecule has 0 atom stereocenters. The summed E-state index contributed by atoms with van der Waals surface area (Å²) in [4.78, 5) is 39.2. The van der Waals surface area contributed by atoms with Gasteiger partial charge in [0.05, 0.1) is 17.0 Å². The lowest BCUT2D eigenvalue weighted by Crippen LogP contribution is -2.33. The highest BCUT2D eigenvalue weighted by Crippen LogP contribution is 2.36. The van der Waals surface area contributed by atoms with Gasteiger partial charge in [0, 0.05) is 16.1 Å². The molecule has 3 aromatic rings. The number of carbonyl (C=O) groups excluding carboxylic acids is 3. The molecule has 6 nitrogen and oxygen atoms in total. The first-order valence-corrected chi connectivity index (χ1v) is 12.0. The Bertz CT molecular complexity index is 1190. The summed E-state index contributed by atoms with van der Waals surface area (Å²) < 4.78 is 5.21. The van der Waals surface area contributed by atoms with E-state index in [9.17, 15) is 14.4 Å². The highest BCUT2D eigenvalue weighted by atomic mass is 35.5. The second-order valence-corrected chi connectivity index (χ2v) is 9.90. The molecule has 1 heterocycles. The molecule has 1 aromatic heterocycles. The van der Waals surface area contributed by atoms with Gasteiger partial charge in [0.2, 0.25) is 5.91 Å². The van der Waals surface area contributed by atoms with E-state index >= 15 is 0 Å². The number of hydrogen-bond acceptors (Lipinski definition) is 5. The van der Waals surface area contributed by atoms with Crippen molar-refractivity contribution < 1.29 is 19.1 Å². The lowest BCUT2D eigenvalue weighted by atomic mass is 9.85. The Morgan fingerprint density at radius 2 is 1.65 bits per heavy atom. The molecule has 0 unspecified atom stereocenters. The number of carbonyl (C=O) groups is 3. The summed E-state index contributed by atoms with van der Waals surface area (Å²) in [5.74, 6) is -1.23. The average Bonchev–Trinajstić information content (AvgIpc) is 3.11. The number of amides is 2. The standard InChI is InChI=1S/C26H27ClN2O4S/c1-5-33-24(31)20-16(2)21(22(30)28-19-13-11-18(27)12-14-19)34-23(20)29-25(32)26(3,4)15-17-9-7-6-8-10-17/h6-14H,5,15H2,1-4H3,(H,28,30)(H,29,32). The van der Waals surface area contributed by atoms with Gasteiger partial charge >= 0.3 is 5.97 Å². The molecule has 0 aliphatic heterocycles. The number of halogens is 1. The lowest BCUT2D eigenvalue weighted by Gasteiger charge is -2.23. The van der Waals surface area contributed by atoms with Crippen molar-refractivity contribution in [3.63, 3.8) is 0 Å². The van der Waals surface area contributed by atoms with Gasteiger partial charge in [-0.15, -0.1) is 11.3 Å². The molecule has 8 heteroatoms. The van der Waals surface area contributed by atoms with Crippen LogP contribution in [0.15, 0.2) is 54.6 Å². The Balaban J connectivity index is 1.89. The highest BCUT2D eigenvalue weighted by Gasteiger charge is 2.32. The van der Waals surface area contributed by atoms with Crippen LogP contribution in [-0.4, -0.2) is 24.4 Å². The fourth-order valence-electron chi connectivity index (χ4n) is 3.45. The van der Waals surface area contributed by atoms with E-state index in [4.69, 9.17) is 16.3 Å². The summed E-state index contributed by atoms with van der Waals surface area (Å²) in [6, 6.07) is 16.4. The summed E-state index contributed by atoms with van der Waals surface area (Å²) in [6.45, 7) is 7.23. The molecule has 2 aromatic carbocycles. The fourth-order valence-corrected chi connectivity index (χ4v) is 4.66. The van der Waals surface area contributed by atoms with E-state index in [1.807, 2.05) is 44.2 Å². The minimum atomic E-state index is -0.753. The molecule has 0 saturated heterocycles. The molecule has 34 heavy (non-hydrogen) atoms. The van der Waals surface area contributed by atoms with E-state index < -0.39 is 11.4 Å². The molecular formula is C26H27ClN2O4S. The Kier molecular flexibility index (Phi) is 8.12. The Morgan fingerprint density at radius 1 is 1.00 bits per heavy atom. The number of esters is 1. The molecule has 178 valence electrons. The van der Waals surface area contributed by atoms with Crippen molar-refractivity contribution in [2.75, 3.05) is 17.2 Å². The van der Waals surface area contributed by atoms with Crippen LogP contribution in [0.2, 0.25) is 5.02 Å². The molecule has 0 aliphatic rings. The van der Waals surface area contributed by atoms with Crippen LogP contribution < -0.4 is 10.6 Å². The SMILES string of the molecule is CCOC(=O)c1c(NC(=O)C(C)(C)Cc2ccccc2)sc(C(=O)Nc2ccc(Cl)cc2)c1C. The molecule has 2 N–H and O–H groups in total. The number of benzene rings is 2. The Morgan fingerprint density at radius 3 is 2.26 bits per heavy atom. The van der Waals surface area contributed by atoms with Crippen molar-refractivity contribution >= 4 is 51.4 Å². The van der Waals surface area contributed by atoms with Gasteiger partial charge in [0.1, 0.15) is 5.00 Å². The second kappa shape index (κ2) is 10.8. The molecule has 2 amide bonds. The number of hydrogen-bond donors (Lipinski definition) is 2. The van der Waals surface area contributed by atoms with E-state index in [0.717, 1.165) is 16.9 Å². The predicted molar refractivity (Wildman–Crippen MR) is 137 cm³/mol. The van der Waals surface area contributed by atoms with Crippen LogP contribution >= 0.6 is 22.9 Å². The maximum atomic E-state index is 13.2. The van der Waals surface area contributed by atoms with Crippen molar-refractivity contribution in [1.82, 2.24) is 0 Å². The van der Waals surface area contributed by atoms with E-state index in [0.29, 0.717) is 32.6 Å². The largest absolute Gasteiger partial charge is 0.462 e. The molecule has 0 fully saturated rings. The summed E-state index contributed by atoms with van der Waals surface area (Å²) in [5, 5.41) is 6.53. The van der Waals surface area contributed by atoms with E-state index in [2.05, 4.69) is 10.6 Å². The van der Waals surface area contributed by atoms with Crippen molar-refractivity contribution in [3.8, 4) is 0 Å². The first kappa shape index (κ1) is 25.5. The quantitative estimate of drug-likeness (QED) is 0.354. The molecule has 0 bridgehead atoms. The highest BCUT2D eigenvalue weighted by molar-refractivity contribution is 7.19. The zero-order valence-electron chi connectivity index (χ0n) is 19.5. The Hall–Kier alpha value is -3.16. The third-order valence-corrected chi connectivity index (χ3v) is 6.72. The van der Waals surface area contributed by atoms with Gasteiger partial charge in [-0.2, -0.15) is 0 Å². The van der Waals surface area contributed by atoms with Crippen molar-refractivity contribution in [2.45, 2.75) is 34.1 Å². The van der Waals surface area contributed by atoms with Crippen molar-refractivity contribution in [1.29, 1.82) is 0 Å². The van der Waals surface area contributed by atoms with Gasteiger partial charge in [-0.1, -0.05) is 55.8 Å². The van der Waals surface area contributed by atoms with E-state index in [1.54, 1.807) is 38.1 Å². The maximum Gasteiger partial charge on any atom is 0.341 e. The van der Waals surface area contributed by atoms with Gasteiger partial charge < -0.3 is 15.4 Å². The molecule has 0 spiro atoms. The monoisotopic (exact) mass is 498 g/mol. The third kappa shape index (κ3) is 6.04. The van der Waals surface area contributed by atoms with Crippen LogP contribution in [0.25, 0.3) is 0 Å². The summed E-state index contributed by atoms with van der Waals surface area (Å²) in [5.41, 5.74) is 1.48. The summed E-state index contributed by atoms with van der Waals surface area (Å²) in [6.07, 6.45) is 0.517. The number of rotatable bonds is 8. The number of thiophene rings is 1. The number of ether oxygens (including phenoxy) is 1. The van der Waals surface area contributed by atoms with Crippen molar-refractivity contribution in [3.05, 3.63) is 81.2 Å². The molecule has 0 saturated carbocycles. The van der Waals surface area contributed by atoms with Gasteiger partial charge in [0.25, 0.3) is 5.91 Å². The minimum absolute atomic E-state index is 0.174. The molecule has 0 radical (unpaired) electrons. The number of anilines is 2. The normalized spacial score (nSPS) is 11.1. The topological polar surface area (TPSA) is 84.5 Å². The van der Waals surface area contributed by atoms with Crippen molar-refractivity contribution in [2.24, 2.45) is 5.41 Å². The van der Waals surface area contributed by atoms with Crippen LogP contribution in [-0.2, 0) is 16.0 Å². The average molecular weight is 499 g/mol. The maximum absolute atomic E-state index is 13.2. The zero-order valence-corrected chi connectivity index (χ0v) is 21.1. The second-order valence-electron chi connectivity index (χ2n) is 8.44. The molecular weight excluding hydrogens is 472 g/mol. The van der Waals surface area contributed by atoms with E-state index in [1.165, 1.54) is 0 Å². The first-order chi connectivity index (χ1) is 16.1. The molecule has 0 aliphatic carbocycles. The summed E-state index contributed by atoms with van der Waals surface area (Å²) in [7, 11) is 0. The first-order valence-electron chi connectivity index (χ1n) is 10.8. The lowest BCUT2D eigenvalue weighted by molar-refractivity contribution is -0.123. The fraction of sp³-hybridized carbons (Fsp3) is 0.269. The molecule has 3 rings (SSSR count). The van der Waals surface area contributed by atoms with Gasteiger partial charge in [-0.25, -0.2) is 4.79 Å². The van der Waals surface area contributed by atoms with Crippen LogP contribution in [0.4, 0.5) is 10.7 Å². The van der Waals surface area contributed by atoms with Gasteiger partial charge in [0.15, 0.2) is 0 Å². The summed E-state index contributed by atoms with van der Waals surface area (Å²) >= 11 is 6.96. The van der Waals surface area contributed by atoms with Crippen LogP contribution in [0, 0.1) is 12.3 Å². The van der Waals surface area contributed by atoms with Crippen LogP contribution in [0.3, 0.4) is 0 Å². The smallest absolute Gasteiger partial charge is 0.341 e. The predicted octanol–water partition coefficient (Wildman–Crippen LogP) is 6.35. The van der Waals surface area contributed by atoms with Gasteiger partial charge in [-0.3, -0.25) is 9.59 Å². The van der Waals surface area contributed by atoms with Crippen LogP contribution in [0.1, 0.15) is 51.9 Å².